The van der Waals surface area contributed by atoms with Crippen molar-refractivity contribution in [3.63, 3.8) is 0 Å². The largest absolute Gasteiger partial charge is 0.383 e. The first-order valence-corrected chi connectivity index (χ1v) is 5.14. The summed E-state index contributed by atoms with van der Waals surface area (Å²) in [5.74, 6) is 1.36. The molecule has 0 amide bonds. The van der Waals surface area contributed by atoms with Gasteiger partial charge in [0.1, 0.15) is 18.0 Å². The Morgan fingerprint density at radius 2 is 2.20 bits per heavy atom. The van der Waals surface area contributed by atoms with E-state index in [1.165, 1.54) is 6.33 Å². The minimum Gasteiger partial charge on any atom is -0.383 e. The smallest absolute Gasteiger partial charge is 0.134 e. The lowest BCUT2D eigenvalue weighted by molar-refractivity contribution is 0.367. The summed E-state index contributed by atoms with van der Waals surface area (Å²) in [5, 5.41) is 3.25. The Kier molecular flexibility index (Phi) is 4.30. The van der Waals surface area contributed by atoms with Gasteiger partial charge in [0.05, 0.1) is 0 Å². The number of hydrogen-bond acceptors (Lipinski definition) is 5. The lowest BCUT2D eigenvalue weighted by atomic mass is 10.3. The first-order valence-electron chi connectivity index (χ1n) is 5.14. The average molecular weight is 209 g/mol. The van der Waals surface area contributed by atoms with Crippen LogP contribution in [0.1, 0.15) is 12.5 Å². The molecule has 1 heterocycles. The Morgan fingerprint density at radius 1 is 1.47 bits per heavy atom. The summed E-state index contributed by atoms with van der Waals surface area (Å²) in [5.41, 5.74) is 6.59. The molecular formula is C10H19N5. The Balaban J connectivity index is 2.47. The molecule has 0 radical (unpaired) electrons. The van der Waals surface area contributed by atoms with Crippen molar-refractivity contribution in [2.75, 3.05) is 37.7 Å². The van der Waals surface area contributed by atoms with E-state index in [0.717, 1.165) is 31.0 Å². The van der Waals surface area contributed by atoms with E-state index >= 15 is 0 Å². The van der Waals surface area contributed by atoms with Gasteiger partial charge in [-0.15, -0.1) is 0 Å². The Bertz CT molecular complexity index is 313. The predicted octanol–water partition coefficient (Wildman–Crippen LogP) is 0.731. The number of likely N-dealkylation sites (N-methyl/N-ethyl adjacent to an activating group) is 1. The normalized spacial score (nSPS) is 10.7. The number of hydrogen-bond donors (Lipinski definition) is 2. The molecule has 0 bridgehead atoms. The van der Waals surface area contributed by atoms with Crippen LogP contribution in [0.15, 0.2) is 6.33 Å². The van der Waals surface area contributed by atoms with Crippen molar-refractivity contribution in [1.29, 1.82) is 0 Å². The average Bonchev–Trinajstić information content (AvgIpc) is 2.24. The van der Waals surface area contributed by atoms with E-state index in [-0.39, 0.29) is 0 Å². The monoisotopic (exact) mass is 209 g/mol. The van der Waals surface area contributed by atoms with E-state index in [1.54, 1.807) is 0 Å². The molecule has 3 N–H and O–H groups in total. The molecule has 0 aliphatic carbocycles. The maximum atomic E-state index is 5.68. The van der Waals surface area contributed by atoms with Gasteiger partial charge in [0, 0.05) is 18.7 Å². The van der Waals surface area contributed by atoms with Crippen LogP contribution in [0.2, 0.25) is 0 Å². The molecule has 0 unspecified atom stereocenters. The zero-order chi connectivity index (χ0) is 11.3. The van der Waals surface area contributed by atoms with Crippen molar-refractivity contribution in [1.82, 2.24) is 14.9 Å². The third-order valence-corrected chi connectivity index (χ3v) is 2.45. The van der Waals surface area contributed by atoms with Crippen molar-refractivity contribution in [3.8, 4) is 0 Å². The fourth-order valence-corrected chi connectivity index (χ4v) is 1.17. The second kappa shape index (κ2) is 5.50. The fraction of sp³-hybridized carbons (Fsp3) is 0.600. The molecule has 5 heteroatoms. The third-order valence-electron chi connectivity index (χ3n) is 2.45. The van der Waals surface area contributed by atoms with Gasteiger partial charge in [0.15, 0.2) is 0 Å². The molecule has 0 saturated carbocycles. The van der Waals surface area contributed by atoms with Gasteiger partial charge in [-0.1, -0.05) is 6.92 Å². The van der Waals surface area contributed by atoms with E-state index in [0.29, 0.717) is 5.82 Å². The standard InChI is InChI=1S/C10H19N5/c1-4-15(3)6-5-12-10-8(2)9(11)13-7-14-10/h7H,4-6H2,1-3H3,(H3,11,12,13,14). The van der Waals surface area contributed by atoms with E-state index < -0.39 is 0 Å². The number of nitrogens with zero attached hydrogens (tertiary/aromatic N) is 3. The number of nitrogens with one attached hydrogen (secondary N) is 1. The summed E-state index contributed by atoms with van der Waals surface area (Å²) >= 11 is 0. The summed E-state index contributed by atoms with van der Waals surface area (Å²) in [6, 6.07) is 0. The van der Waals surface area contributed by atoms with Crippen LogP contribution in [0.3, 0.4) is 0 Å². The molecule has 1 aromatic rings. The van der Waals surface area contributed by atoms with Gasteiger partial charge in [0.25, 0.3) is 0 Å². The molecular weight excluding hydrogens is 190 g/mol. The quantitative estimate of drug-likeness (QED) is 0.748. The fourth-order valence-electron chi connectivity index (χ4n) is 1.17. The van der Waals surface area contributed by atoms with Crippen molar-refractivity contribution >= 4 is 11.6 Å². The highest BCUT2D eigenvalue weighted by Gasteiger charge is 2.03. The first-order chi connectivity index (χ1) is 7.15. The molecule has 5 nitrogen and oxygen atoms in total. The highest BCUT2D eigenvalue weighted by Crippen LogP contribution is 2.14. The van der Waals surface area contributed by atoms with E-state index in [9.17, 15) is 0 Å². The lowest BCUT2D eigenvalue weighted by Gasteiger charge is -2.15. The van der Waals surface area contributed by atoms with Crippen LogP contribution in [-0.4, -0.2) is 41.5 Å². The van der Waals surface area contributed by atoms with Crippen LogP contribution in [0.25, 0.3) is 0 Å². The summed E-state index contributed by atoms with van der Waals surface area (Å²) < 4.78 is 0. The lowest BCUT2D eigenvalue weighted by Crippen LogP contribution is -2.25. The van der Waals surface area contributed by atoms with Crippen LogP contribution >= 0.6 is 0 Å². The molecule has 15 heavy (non-hydrogen) atoms. The molecule has 1 aromatic heterocycles. The van der Waals surface area contributed by atoms with Gasteiger partial charge in [-0.2, -0.15) is 0 Å². The van der Waals surface area contributed by atoms with E-state index in [4.69, 9.17) is 5.73 Å². The van der Waals surface area contributed by atoms with Crippen molar-refractivity contribution in [2.45, 2.75) is 13.8 Å². The molecule has 0 aliphatic rings. The van der Waals surface area contributed by atoms with Crippen LogP contribution in [0.5, 0.6) is 0 Å². The summed E-state index contributed by atoms with van der Waals surface area (Å²) in [6.45, 7) is 6.95. The maximum absolute atomic E-state index is 5.68. The predicted molar refractivity (Wildman–Crippen MR) is 62.8 cm³/mol. The second-order valence-electron chi connectivity index (χ2n) is 3.56. The molecule has 1 rings (SSSR count). The van der Waals surface area contributed by atoms with Crippen LogP contribution in [0.4, 0.5) is 11.6 Å². The molecule has 0 saturated heterocycles. The van der Waals surface area contributed by atoms with Gasteiger partial charge in [-0.25, -0.2) is 9.97 Å². The van der Waals surface area contributed by atoms with Crippen molar-refractivity contribution in [3.05, 3.63) is 11.9 Å². The minimum atomic E-state index is 0.538. The SMILES string of the molecule is CCN(C)CCNc1ncnc(N)c1C. The van der Waals surface area contributed by atoms with Gasteiger partial charge >= 0.3 is 0 Å². The Hall–Kier alpha value is -1.36. The number of aromatic nitrogens is 2. The van der Waals surface area contributed by atoms with Crippen molar-refractivity contribution in [2.24, 2.45) is 0 Å². The van der Waals surface area contributed by atoms with Gasteiger partial charge < -0.3 is 16.0 Å². The van der Waals surface area contributed by atoms with E-state index in [2.05, 4.69) is 34.2 Å². The summed E-state index contributed by atoms with van der Waals surface area (Å²) in [4.78, 5) is 10.3. The van der Waals surface area contributed by atoms with Crippen molar-refractivity contribution < 1.29 is 0 Å². The van der Waals surface area contributed by atoms with Crippen LogP contribution in [0, 0.1) is 6.92 Å². The third kappa shape index (κ3) is 3.36. The molecule has 0 aromatic carbocycles. The Labute approximate surface area is 90.7 Å². The zero-order valence-corrected chi connectivity index (χ0v) is 9.62. The van der Waals surface area contributed by atoms with E-state index in [1.807, 2.05) is 6.92 Å². The van der Waals surface area contributed by atoms with Gasteiger partial charge in [0.2, 0.25) is 0 Å². The van der Waals surface area contributed by atoms with Crippen LogP contribution < -0.4 is 11.1 Å². The highest BCUT2D eigenvalue weighted by atomic mass is 15.1. The zero-order valence-electron chi connectivity index (χ0n) is 9.62. The molecule has 0 atom stereocenters. The minimum absolute atomic E-state index is 0.538. The molecule has 0 spiro atoms. The molecule has 0 aliphatic heterocycles. The number of nitrogen functional groups attached to an aromatic ring is 1. The highest BCUT2D eigenvalue weighted by molar-refractivity contribution is 5.53. The Morgan fingerprint density at radius 3 is 2.87 bits per heavy atom. The number of anilines is 2. The van der Waals surface area contributed by atoms with Crippen LogP contribution in [-0.2, 0) is 0 Å². The first kappa shape index (κ1) is 11.7. The number of rotatable bonds is 5. The summed E-state index contributed by atoms with van der Waals surface area (Å²) in [7, 11) is 2.09. The second-order valence-corrected chi connectivity index (χ2v) is 3.56. The summed E-state index contributed by atoms with van der Waals surface area (Å²) in [6.07, 6.45) is 1.48. The maximum Gasteiger partial charge on any atom is 0.134 e. The molecule has 0 fully saturated rings. The topological polar surface area (TPSA) is 67.1 Å². The van der Waals surface area contributed by atoms with Gasteiger partial charge in [-0.05, 0) is 20.5 Å². The molecule has 84 valence electrons. The van der Waals surface area contributed by atoms with Gasteiger partial charge in [-0.3, -0.25) is 0 Å². The number of nitrogens with two attached hydrogens (primary N) is 1.